The molecule has 0 radical (unpaired) electrons. The summed E-state index contributed by atoms with van der Waals surface area (Å²) in [6.07, 6.45) is 3.23. The smallest absolute Gasteiger partial charge is 0.0884 e. The van der Waals surface area contributed by atoms with Gasteiger partial charge in [-0.1, -0.05) is 24.3 Å². The summed E-state index contributed by atoms with van der Waals surface area (Å²) < 4.78 is 6.18. The Morgan fingerprint density at radius 1 is 1.25 bits per heavy atom. The Morgan fingerprint density at radius 3 is 2.75 bits per heavy atom. The summed E-state index contributed by atoms with van der Waals surface area (Å²) in [7, 11) is 4.26. The third kappa shape index (κ3) is 2.65. The van der Waals surface area contributed by atoms with Crippen LogP contribution in [0.4, 0.5) is 0 Å². The lowest BCUT2D eigenvalue weighted by molar-refractivity contribution is -0.0182. The SMILES string of the molecule is CN(C)CCC1(C)OCCC2=C1Cc1ccccc12.Cl. The molecule has 0 saturated carbocycles. The van der Waals surface area contributed by atoms with Gasteiger partial charge >= 0.3 is 0 Å². The van der Waals surface area contributed by atoms with Gasteiger partial charge in [0.05, 0.1) is 12.2 Å². The van der Waals surface area contributed by atoms with E-state index in [0.29, 0.717) is 0 Å². The maximum atomic E-state index is 6.18. The van der Waals surface area contributed by atoms with Gasteiger partial charge in [-0.3, -0.25) is 0 Å². The minimum atomic E-state index is -0.0725. The molecular formula is C17H24ClNO. The number of benzene rings is 1. The fourth-order valence-corrected chi connectivity index (χ4v) is 3.35. The molecule has 1 aromatic carbocycles. The van der Waals surface area contributed by atoms with Crippen LogP contribution in [0.3, 0.4) is 0 Å². The molecule has 2 nitrogen and oxygen atoms in total. The normalized spacial score (nSPS) is 24.4. The van der Waals surface area contributed by atoms with Crippen molar-refractivity contribution in [2.24, 2.45) is 0 Å². The largest absolute Gasteiger partial charge is 0.371 e. The quantitative estimate of drug-likeness (QED) is 0.845. The molecule has 1 heterocycles. The van der Waals surface area contributed by atoms with Gasteiger partial charge in [0.25, 0.3) is 0 Å². The minimum absolute atomic E-state index is 0. The van der Waals surface area contributed by atoms with Crippen LogP contribution < -0.4 is 0 Å². The maximum absolute atomic E-state index is 6.18. The Bertz CT molecular complexity index is 523. The van der Waals surface area contributed by atoms with Crippen molar-refractivity contribution in [1.82, 2.24) is 4.90 Å². The van der Waals surface area contributed by atoms with E-state index in [9.17, 15) is 0 Å². The van der Waals surface area contributed by atoms with E-state index in [0.717, 1.165) is 32.4 Å². The lowest BCUT2D eigenvalue weighted by Gasteiger charge is -2.37. The van der Waals surface area contributed by atoms with Crippen molar-refractivity contribution in [3.63, 3.8) is 0 Å². The average Bonchev–Trinajstić information content (AvgIpc) is 2.78. The molecule has 1 aromatic rings. The first kappa shape index (κ1) is 15.6. The highest BCUT2D eigenvalue weighted by Crippen LogP contribution is 2.45. The summed E-state index contributed by atoms with van der Waals surface area (Å²) in [6, 6.07) is 8.84. The Balaban J connectivity index is 0.00000147. The van der Waals surface area contributed by atoms with Crippen LogP contribution in [0.5, 0.6) is 0 Å². The van der Waals surface area contributed by atoms with E-state index < -0.39 is 0 Å². The minimum Gasteiger partial charge on any atom is -0.371 e. The molecule has 1 unspecified atom stereocenters. The lowest BCUT2D eigenvalue weighted by Crippen LogP contribution is -2.38. The number of nitrogens with zero attached hydrogens (tertiary/aromatic N) is 1. The van der Waals surface area contributed by atoms with Crippen LogP contribution >= 0.6 is 12.4 Å². The van der Waals surface area contributed by atoms with Crippen LogP contribution in [0.1, 0.15) is 30.9 Å². The Kier molecular flexibility index (Phi) is 4.58. The Labute approximate surface area is 128 Å². The van der Waals surface area contributed by atoms with Crippen molar-refractivity contribution in [2.75, 3.05) is 27.2 Å². The molecule has 3 rings (SSSR count). The second kappa shape index (κ2) is 5.88. The number of halogens is 1. The van der Waals surface area contributed by atoms with Crippen LogP contribution in [0.2, 0.25) is 0 Å². The Hall–Kier alpha value is -0.830. The molecular weight excluding hydrogens is 270 g/mol. The molecule has 3 heteroatoms. The number of fused-ring (bicyclic) bond motifs is 2. The van der Waals surface area contributed by atoms with E-state index in [2.05, 4.69) is 50.2 Å². The van der Waals surface area contributed by atoms with Gasteiger partial charge in [0.2, 0.25) is 0 Å². The molecule has 2 aliphatic rings. The first-order chi connectivity index (χ1) is 9.10. The molecule has 0 fully saturated rings. The van der Waals surface area contributed by atoms with Gasteiger partial charge in [-0.15, -0.1) is 12.4 Å². The first-order valence-electron chi connectivity index (χ1n) is 7.20. The number of hydrogen-bond donors (Lipinski definition) is 0. The van der Waals surface area contributed by atoms with E-state index in [-0.39, 0.29) is 18.0 Å². The summed E-state index contributed by atoms with van der Waals surface area (Å²) in [4.78, 5) is 2.24. The third-order valence-corrected chi connectivity index (χ3v) is 4.52. The molecule has 0 bridgehead atoms. The number of rotatable bonds is 3. The zero-order valence-corrected chi connectivity index (χ0v) is 13.4. The van der Waals surface area contributed by atoms with Crippen molar-refractivity contribution in [1.29, 1.82) is 0 Å². The molecule has 0 saturated heterocycles. The van der Waals surface area contributed by atoms with Gasteiger partial charge in [-0.05, 0) is 62.6 Å². The lowest BCUT2D eigenvalue weighted by atomic mass is 9.85. The zero-order valence-electron chi connectivity index (χ0n) is 12.6. The predicted molar refractivity (Wildman–Crippen MR) is 86.5 cm³/mol. The zero-order chi connectivity index (χ0) is 13.5. The van der Waals surface area contributed by atoms with Crippen molar-refractivity contribution in [3.05, 3.63) is 41.0 Å². The third-order valence-electron chi connectivity index (χ3n) is 4.52. The fourth-order valence-electron chi connectivity index (χ4n) is 3.35. The summed E-state index contributed by atoms with van der Waals surface area (Å²) in [5, 5.41) is 0. The summed E-state index contributed by atoms with van der Waals surface area (Å²) in [6.45, 7) is 4.21. The highest BCUT2D eigenvalue weighted by Gasteiger charge is 2.38. The second-order valence-electron chi connectivity index (χ2n) is 6.17. The highest BCUT2D eigenvalue weighted by molar-refractivity contribution is 5.85. The van der Waals surface area contributed by atoms with Gasteiger partial charge in [-0.25, -0.2) is 0 Å². The van der Waals surface area contributed by atoms with Crippen molar-refractivity contribution in [3.8, 4) is 0 Å². The van der Waals surface area contributed by atoms with E-state index in [1.54, 1.807) is 5.57 Å². The van der Waals surface area contributed by atoms with Crippen LogP contribution in [0.25, 0.3) is 5.57 Å². The van der Waals surface area contributed by atoms with Gasteiger partial charge < -0.3 is 9.64 Å². The summed E-state index contributed by atoms with van der Waals surface area (Å²) in [5.41, 5.74) is 5.97. The molecule has 110 valence electrons. The van der Waals surface area contributed by atoms with E-state index >= 15 is 0 Å². The number of hydrogen-bond acceptors (Lipinski definition) is 2. The van der Waals surface area contributed by atoms with Gasteiger partial charge in [0.15, 0.2) is 0 Å². The second-order valence-corrected chi connectivity index (χ2v) is 6.17. The molecule has 0 aromatic heterocycles. The van der Waals surface area contributed by atoms with Gasteiger partial charge in [-0.2, -0.15) is 0 Å². The van der Waals surface area contributed by atoms with E-state index in [4.69, 9.17) is 4.74 Å². The predicted octanol–water partition coefficient (Wildman–Crippen LogP) is 3.55. The fraction of sp³-hybridized carbons (Fsp3) is 0.529. The maximum Gasteiger partial charge on any atom is 0.0884 e. The van der Waals surface area contributed by atoms with Crippen LogP contribution in [0.15, 0.2) is 29.8 Å². The highest BCUT2D eigenvalue weighted by atomic mass is 35.5. The summed E-state index contributed by atoms with van der Waals surface area (Å²) >= 11 is 0. The average molecular weight is 294 g/mol. The Morgan fingerprint density at radius 2 is 2.00 bits per heavy atom. The van der Waals surface area contributed by atoms with Crippen LogP contribution in [0, 0.1) is 0 Å². The molecule has 1 aliphatic carbocycles. The van der Waals surface area contributed by atoms with Crippen molar-refractivity contribution >= 4 is 18.0 Å². The van der Waals surface area contributed by atoms with Gasteiger partial charge in [0, 0.05) is 6.54 Å². The molecule has 1 aliphatic heterocycles. The molecule has 1 atom stereocenters. The molecule has 20 heavy (non-hydrogen) atoms. The van der Waals surface area contributed by atoms with E-state index in [1.807, 2.05) is 0 Å². The standard InChI is InChI=1S/C17H23NO.ClH/c1-17(9-10-18(2)3)16-12-13-6-4-5-7-14(13)15(16)8-11-19-17;/h4-7H,8-12H2,1-3H3;1H. The molecule has 0 N–H and O–H groups in total. The molecule has 0 amide bonds. The van der Waals surface area contributed by atoms with Crippen LogP contribution in [-0.4, -0.2) is 37.7 Å². The van der Waals surface area contributed by atoms with Gasteiger partial charge in [0.1, 0.15) is 0 Å². The monoisotopic (exact) mass is 293 g/mol. The topological polar surface area (TPSA) is 12.5 Å². The van der Waals surface area contributed by atoms with Crippen LogP contribution in [-0.2, 0) is 11.2 Å². The summed E-state index contributed by atoms with van der Waals surface area (Å²) in [5.74, 6) is 0. The first-order valence-corrected chi connectivity index (χ1v) is 7.20. The van der Waals surface area contributed by atoms with Crippen molar-refractivity contribution < 1.29 is 4.74 Å². The van der Waals surface area contributed by atoms with E-state index in [1.165, 1.54) is 16.7 Å². The molecule has 0 spiro atoms. The van der Waals surface area contributed by atoms with Crippen molar-refractivity contribution in [2.45, 2.75) is 31.8 Å². The number of ether oxygens (including phenoxy) is 1.